The molecule has 0 bridgehead atoms. The summed E-state index contributed by atoms with van der Waals surface area (Å²) in [6.45, 7) is 1.97. The summed E-state index contributed by atoms with van der Waals surface area (Å²) in [6.07, 6.45) is 0. The molecule has 0 spiro atoms. The number of halogens is 2. The molecule has 1 atom stereocenters. The Morgan fingerprint density at radius 2 is 2.15 bits per heavy atom. The Morgan fingerprint density at radius 1 is 1.30 bits per heavy atom. The summed E-state index contributed by atoms with van der Waals surface area (Å²) in [5, 5.41) is 3.95. The zero-order chi connectivity index (χ0) is 14.1. The first-order valence-electron chi connectivity index (χ1n) is 6.19. The van der Waals surface area contributed by atoms with Crippen molar-refractivity contribution in [1.82, 2.24) is 4.98 Å². The van der Waals surface area contributed by atoms with Gasteiger partial charge in [-0.15, -0.1) is 11.3 Å². The lowest BCUT2D eigenvalue weighted by molar-refractivity contribution is 0.623. The Kier molecular flexibility index (Phi) is 3.59. The third-order valence-electron chi connectivity index (χ3n) is 3.16. The molecule has 1 N–H and O–H groups in total. The van der Waals surface area contributed by atoms with Gasteiger partial charge >= 0.3 is 0 Å². The summed E-state index contributed by atoms with van der Waals surface area (Å²) in [5.74, 6) is -0.242. The molecule has 3 rings (SSSR count). The van der Waals surface area contributed by atoms with Gasteiger partial charge in [-0.25, -0.2) is 9.37 Å². The molecule has 20 heavy (non-hydrogen) atoms. The molecule has 2 aromatic carbocycles. The van der Waals surface area contributed by atoms with Crippen molar-refractivity contribution in [3.63, 3.8) is 0 Å². The first kappa shape index (κ1) is 13.3. The lowest BCUT2D eigenvalue weighted by Gasteiger charge is -2.17. The molecule has 2 nitrogen and oxygen atoms in total. The highest BCUT2D eigenvalue weighted by atomic mass is 35.5. The summed E-state index contributed by atoms with van der Waals surface area (Å²) >= 11 is 7.82. The van der Waals surface area contributed by atoms with Gasteiger partial charge in [0.15, 0.2) is 0 Å². The maximum absolute atomic E-state index is 13.3. The molecule has 0 radical (unpaired) electrons. The Hall–Kier alpha value is -1.65. The van der Waals surface area contributed by atoms with Gasteiger partial charge in [0.1, 0.15) is 11.3 Å². The van der Waals surface area contributed by atoms with E-state index in [2.05, 4.69) is 10.3 Å². The van der Waals surface area contributed by atoms with Crippen molar-refractivity contribution in [2.75, 3.05) is 5.32 Å². The molecular weight excluding hydrogens is 295 g/mol. The van der Waals surface area contributed by atoms with E-state index >= 15 is 0 Å². The van der Waals surface area contributed by atoms with Crippen LogP contribution >= 0.6 is 22.9 Å². The second-order valence-electron chi connectivity index (χ2n) is 4.54. The maximum atomic E-state index is 13.3. The van der Waals surface area contributed by atoms with Crippen LogP contribution in [0.5, 0.6) is 0 Å². The number of fused-ring (bicyclic) bond motifs is 1. The van der Waals surface area contributed by atoms with Crippen LogP contribution in [0.1, 0.15) is 18.5 Å². The van der Waals surface area contributed by atoms with Gasteiger partial charge in [-0.3, -0.25) is 0 Å². The molecular formula is C15H12ClFN2S. The van der Waals surface area contributed by atoms with E-state index in [1.165, 1.54) is 12.1 Å². The van der Waals surface area contributed by atoms with Crippen molar-refractivity contribution in [1.29, 1.82) is 0 Å². The van der Waals surface area contributed by atoms with Crippen molar-refractivity contribution in [2.45, 2.75) is 13.0 Å². The number of thiazole rings is 1. The number of benzene rings is 2. The van der Waals surface area contributed by atoms with Gasteiger partial charge in [-0.2, -0.15) is 0 Å². The predicted octanol–water partition coefficient (Wildman–Crippen LogP) is 5.26. The molecule has 3 aromatic rings. The normalized spacial score (nSPS) is 12.6. The van der Waals surface area contributed by atoms with E-state index in [9.17, 15) is 4.39 Å². The first-order chi connectivity index (χ1) is 9.65. The van der Waals surface area contributed by atoms with Crippen LogP contribution in [0, 0.1) is 5.82 Å². The van der Waals surface area contributed by atoms with Gasteiger partial charge in [-0.1, -0.05) is 23.7 Å². The summed E-state index contributed by atoms with van der Waals surface area (Å²) in [4.78, 5) is 4.34. The zero-order valence-electron chi connectivity index (χ0n) is 10.7. The molecule has 1 unspecified atom stereocenters. The van der Waals surface area contributed by atoms with Crippen molar-refractivity contribution >= 4 is 38.8 Å². The number of nitrogens with zero attached hydrogens (tertiary/aromatic N) is 1. The summed E-state index contributed by atoms with van der Waals surface area (Å²) in [7, 11) is 0. The first-order valence-corrected chi connectivity index (χ1v) is 7.44. The molecule has 0 amide bonds. The Bertz CT molecular complexity index is 756. The highest BCUT2D eigenvalue weighted by Gasteiger charge is 2.13. The number of hydrogen-bond donors (Lipinski definition) is 1. The number of aromatic nitrogens is 1. The van der Waals surface area contributed by atoms with Gasteiger partial charge in [0.2, 0.25) is 0 Å². The van der Waals surface area contributed by atoms with E-state index in [0.717, 1.165) is 21.5 Å². The monoisotopic (exact) mass is 306 g/mol. The molecule has 102 valence electrons. The van der Waals surface area contributed by atoms with Crippen LogP contribution in [0.2, 0.25) is 5.02 Å². The van der Waals surface area contributed by atoms with Crippen LogP contribution in [0.15, 0.2) is 41.9 Å². The lowest BCUT2D eigenvalue weighted by Crippen LogP contribution is -2.07. The van der Waals surface area contributed by atoms with E-state index in [0.29, 0.717) is 5.02 Å². The second kappa shape index (κ2) is 5.38. The number of hydrogen-bond acceptors (Lipinski definition) is 3. The topological polar surface area (TPSA) is 24.9 Å². The Labute approximate surface area is 125 Å². The highest BCUT2D eigenvalue weighted by molar-refractivity contribution is 7.16. The van der Waals surface area contributed by atoms with Crippen LogP contribution in [0.3, 0.4) is 0 Å². The Balaban J connectivity index is 1.96. The van der Waals surface area contributed by atoms with Crippen molar-refractivity contribution in [2.24, 2.45) is 0 Å². The van der Waals surface area contributed by atoms with E-state index in [4.69, 9.17) is 11.6 Å². The largest absolute Gasteiger partial charge is 0.376 e. The van der Waals surface area contributed by atoms with Crippen LogP contribution in [-0.2, 0) is 0 Å². The van der Waals surface area contributed by atoms with Crippen LogP contribution < -0.4 is 5.32 Å². The molecule has 0 aliphatic carbocycles. The molecule has 5 heteroatoms. The SMILES string of the molecule is CC(Nc1c(Cl)ccc2scnc12)c1cccc(F)c1. The number of nitrogens with one attached hydrogen (secondary N) is 1. The minimum absolute atomic E-state index is 0.0597. The fourth-order valence-electron chi connectivity index (χ4n) is 2.12. The summed E-state index contributed by atoms with van der Waals surface area (Å²) in [5.41, 5.74) is 4.31. The van der Waals surface area contributed by atoms with Crippen LogP contribution in [0.25, 0.3) is 10.2 Å². The van der Waals surface area contributed by atoms with Gasteiger partial charge in [0.05, 0.1) is 20.9 Å². The van der Waals surface area contributed by atoms with Crippen molar-refractivity contribution in [3.05, 3.63) is 58.3 Å². The third kappa shape index (κ3) is 2.49. The maximum Gasteiger partial charge on any atom is 0.123 e. The average molecular weight is 307 g/mol. The number of rotatable bonds is 3. The zero-order valence-corrected chi connectivity index (χ0v) is 12.3. The van der Waals surface area contributed by atoms with Gasteiger partial charge in [-0.05, 0) is 36.8 Å². The predicted molar refractivity (Wildman–Crippen MR) is 83.1 cm³/mol. The van der Waals surface area contributed by atoms with E-state index in [1.54, 1.807) is 22.9 Å². The highest BCUT2D eigenvalue weighted by Crippen LogP contribution is 2.34. The third-order valence-corrected chi connectivity index (χ3v) is 4.27. The van der Waals surface area contributed by atoms with Gasteiger partial charge in [0, 0.05) is 6.04 Å². The molecule has 0 fully saturated rings. The van der Waals surface area contributed by atoms with Crippen molar-refractivity contribution < 1.29 is 4.39 Å². The van der Waals surface area contributed by atoms with Crippen LogP contribution in [0.4, 0.5) is 10.1 Å². The van der Waals surface area contributed by atoms with E-state index < -0.39 is 0 Å². The molecule has 1 heterocycles. The molecule has 0 aliphatic rings. The fourth-order valence-corrected chi connectivity index (χ4v) is 3.01. The fraction of sp³-hybridized carbons (Fsp3) is 0.133. The van der Waals surface area contributed by atoms with Crippen molar-refractivity contribution in [3.8, 4) is 0 Å². The number of anilines is 1. The van der Waals surface area contributed by atoms with E-state index in [-0.39, 0.29) is 11.9 Å². The molecule has 1 aromatic heterocycles. The summed E-state index contributed by atoms with van der Waals surface area (Å²) in [6, 6.07) is 10.3. The Morgan fingerprint density at radius 3 is 2.95 bits per heavy atom. The molecule has 0 aliphatic heterocycles. The van der Waals surface area contributed by atoms with Crippen LogP contribution in [-0.4, -0.2) is 4.98 Å². The standard InChI is InChI=1S/C15H12ClFN2S/c1-9(10-3-2-4-11(17)7-10)19-14-12(16)5-6-13-15(14)18-8-20-13/h2-9,19H,1H3. The van der Waals surface area contributed by atoms with Gasteiger partial charge < -0.3 is 5.32 Å². The second-order valence-corrected chi connectivity index (χ2v) is 5.84. The van der Waals surface area contributed by atoms with Gasteiger partial charge in [0.25, 0.3) is 0 Å². The molecule has 0 saturated carbocycles. The lowest BCUT2D eigenvalue weighted by atomic mass is 10.1. The minimum atomic E-state index is -0.242. The smallest absolute Gasteiger partial charge is 0.123 e. The quantitative estimate of drug-likeness (QED) is 0.713. The minimum Gasteiger partial charge on any atom is -0.376 e. The van der Waals surface area contributed by atoms with E-state index in [1.807, 2.05) is 25.1 Å². The average Bonchev–Trinajstić information content (AvgIpc) is 2.90. The molecule has 0 saturated heterocycles. The summed E-state index contributed by atoms with van der Waals surface area (Å²) < 4.78 is 14.4.